The van der Waals surface area contributed by atoms with Crippen LogP contribution in [-0.4, -0.2) is 20.1 Å². The number of nitrogens with one attached hydrogen (secondary N) is 2. The van der Waals surface area contributed by atoms with Gasteiger partial charge in [-0.25, -0.2) is 8.42 Å². The number of thioether (sulfide) groups is 1. The smallest absolute Gasteiger partial charge is 0.261 e. The molecule has 0 unspecified atom stereocenters. The molecule has 0 aromatic heterocycles. The predicted molar refractivity (Wildman–Crippen MR) is 119 cm³/mol. The van der Waals surface area contributed by atoms with Crippen LogP contribution >= 0.6 is 23.4 Å². The van der Waals surface area contributed by atoms with Crippen LogP contribution in [0.3, 0.4) is 0 Å². The number of sulfonamides is 1. The van der Waals surface area contributed by atoms with E-state index in [1.54, 1.807) is 30.0 Å². The maximum atomic E-state index is 12.7. The summed E-state index contributed by atoms with van der Waals surface area (Å²) in [6, 6.07) is 19.7. The van der Waals surface area contributed by atoms with E-state index in [4.69, 9.17) is 11.6 Å². The van der Waals surface area contributed by atoms with Crippen molar-refractivity contribution in [2.24, 2.45) is 0 Å². The van der Waals surface area contributed by atoms with Gasteiger partial charge in [0.15, 0.2) is 0 Å². The molecule has 5 nitrogen and oxygen atoms in total. The number of carbonyl (C=O) groups excluding carboxylic acids is 1. The molecule has 3 rings (SSSR count). The summed E-state index contributed by atoms with van der Waals surface area (Å²) in [5.74, 6) is 0.566. The number of hydrogen-bond acceptors (Lipinski definition) is 4. The van der Waals surface area contributed by atoms with Crippen molar-refractivity contribution in [3.63, 3.8) is 0 Å². The standard InChI is InChI=1S/C21H19ClN2O3S2/c1-2-28-20-9-4-3-8-19(20)23-21(25)15-6-5-7-17(14-15)24-29(26,27)18-12-10-16(22)11-13-18/h3-14,24H,2H2,1H3,(H,23,25). The normalized spacial score (nSPS) is 11.1. The summed E-state index contributed by atoms with van der Waals surface area (Å²) in [5.41, 5.74) is 1.36. The van der Waals surface area contributed by atoms with E-state index < -0.39 is 10.0 Å². The quantitative estimate of drug-likeness (QED) is 0.469. The topological polar surface area (TPSA) is 75.3 Å². The number of amides is 1. The minimum Gasteiger partial charge on any atom is -0.321 e. The van der Waals surface area contributed by atoms with Gasteiger partial charge in [-0.1, -0.05) is 36.7 Å². The molecule has 1 amide bonds. The van der Waals surface area contributed by atoms with Crippen molar-refractivity contribution in [1.82, 2.24) is 0 Å². The summed E-state index contributed by atoms with van der Waals surface area (Å²) < 4.78 is 27.6. The van der Waals surface area contributed by atoms with Gasteiger partial charge in [-0.3, -0.25) is 9.52 Å². The Bertz CT molecular complexity index is 1120. The van der Waals surface area contributed by atoms with E-state index in [1.165, 1.54) is 30.3 Å². The SMILES string of the molecule is CCSc1ccccc1NC(=O)c1cccc(NS(=O)(=O)c2ccc(Cl)cc2)c1. The molecule has 0 atom stereocenters. The number of hydrogen-bond donors (Lipinski definition) is 2. The van der Waals surface area contributed by atoms with E-state index in [1.807, 2.05) is 31.2 Å². The number of rotatable bonds is 7. The van der Waals surface area contributed by atoms with Crippen LogP contribution in [-0.2, 0) is 10.0 Å². The fourth-order valence-corrected chi connectivity index (χ4v) is 4.53. The number of halogens is 1. The molecule has 0 aliphatic heterocycles. The van der Waals surface area contributed by atoms with Gasteiger partial charge >= 0.3 is 0 Å². The summed E-state index contributed by atoms with van der Waals surface area (Å²) in [7, 11) is -3.79. The summed E-state index contributed by atoms with van der Waals surface area (Å²) in [4.78, 5) is 13.7. The Kier molecular flexibility index (Phi) is 6.84. The first kappa shape index (κ1) is 21.2. The second kappa shape index (κ2) is 9.35. The summed E-state index contributed by atoms with van der Waals surface area (Å²) in [5, 5.41) is 3.34. The van der Waals surface area contributed by atoms with Gasteiger partial charge in [0, 0.05) is 21.2 Å². The van der Waals surface area contributed by atoms with Gasteiger partial charge in [-0.15, -0.1) is 11.8 Å². The number of para-hydroxylation sites is 1. The van der Waals surface area contributed by atoms with Gasteiger partial charge in [0.1, 0.15) is 0 Å². The molecule has 0 radical (unpaired) electrons. The first-order valence-electron chi connectivity index (χ1n) is 8.80. The van der Waals surface area contributed by atoms with Gasteiger partial charge in [0.05, 0.1) is 10.6 Å². The van der Waals surface area contributed by atoms with Crippen LogP contribution in [0.2, 0.25) is 5.02 Å². The zero-order valence-corrected chi connectivity index (χ0v) is 17.9. The Morgan fingerprint density at radius 2 is 1.72 bits per heavy atom. The van der Waals surface area contributed by atoms with Crippen LogP contribution in [0.1, 0.15) is 17.3 Å². The molecular weight excluding hydrogens is 428 g/mol. The number of carbonyl (C=O) groups is 1. The average molecular weight is 447 g/mol. The van der Waals surface area contributed by atoms with E-state index >= 15 is 0 Å². The molecule has 0 heterocycles. The zero-order valence-electron chi connectivity index (χ0n) is 15.6. The lowest BCUT2D eigenvalue weighted by Crippen LogP contribution is -2.15. The summed E-state index contributed by atoms with van der Waals surface area (Å²) in [6.45, 7) is 2.04. The lowest BCUT2D eigenvalue weighted by molar-refractivity contribution is 0.102. The van der Waals surface area contributed by atoms with E-state index in [0.717, 1.165) is 16.3 Å². The molecule has 0 saturated carbocycles. The highest BCUT2D eigenvalue weighted by molar-refractivity contribution is 7.99. The highest BCUT2D eigenvalue weighted by atomic mass is 35.5. The predicted octanol–water partition coefficient (Wildman–Crippen LogP) is 5.51. The molecule has 2 N–H and O–H groups in total. The first-order chi connectivity index (χ1) is 13.9. The van der Waals surface area contributed by atoms with Gasteiger partial charge in [0.2, 0.25) is 0 Å². The molecule has 3 aromatic carbocycles. The van der Waals surface area contributed by atoms with Crippen LogP contribution in [0.4, 0.5) is 11.4 Å². The van der Waals surface area contributed by atoms with Crippen LogP contribution < -0.4 is 10.0 Å². The summed E-state index contributed by atoms with van der Waals surface area (Å²) >= 11 is 7.45. The lowest BCUT2D eigenvalue weighted by Gasteiger charge is -2.12. The fraction of sp³-hybridized carbons (Fsp3) is 0.0952. The van der Waals surface area contributed by atoms with Crippen molar-refractivity contribution in [2.75, 3.05) is 15.8 Å². The van der Waals surface area contributed by atoms with Crippen molar-refractivity contribution < 1.29 is 13.2 Å². The molecule has 0 aliphatic rings. The van der Waals surface area contributed by atoms with Gasteiger partial charge < -0.3 is 5.32 Å². The molecule has 0 aliphatic carbocycles. The van der Waals surface area contributed by atoms with E-state index in [0.29, 0.717) is 16.3 Å². The Morgan fingerprint density at radius 3 is 2.45 bits per heavy atom. The average Bonchev–Trinajstić information content (AvgIpc) is 2.70. The molecule has 8 heteroatoms. The maximum Gasteiger partial charge on any atom is 0.261 e. The Balaban J connectivity index is 1.79. The second-order valence-corrected chi connectivity index (χ2v) is 9.45. The highest BCUT2D eigenvalue weighted by Gasteiger charge is 2.15. The molecule has 0 spiro atoms. The minimum atomic E-state index is -3.79. The third kappa shape index (κ3) is 5.53. The van der Waals surface area contributed by atoms with Crippen LogP contribution in [0.15, 0.2) is 82.6 Å². The fourth-order valence-electron chi connectivity index (χ4n) is 2.60. The van der Waals surface area contributed by atoms with Crippen molar-refractivity contribution in [3.8, 4) is 0 Å². The second-order valence-electron chi connectivity index (χ2n) is 6.02. The molecular formula is C21H19ClN2O3S2. The largest absolute Gasteiger partial charge is 0.321 e. The van der Waals surface area contributed by atoms with Crippen LogP contribution in [0.5, 0.6) is 0 Å². The Hall–Kier alpha value is -2.48. The van der Waals surface area contributed by atoms with Crippen LogP contribution in [0, 0.1) is 0 Å². The van der Waals surface area contributed by atoms with Crippen LogP contribution in [0.25, 0.3) is 0 Å². The highest BCUT2D eigenvalue weighted by Crippen LogP contribution is 2.27. The lowest BCUT2D eigenvalue weighted by atomic mass is 10.2. The van der Waals surface area contributed by atoms with Crippen molar-refractivity contribution in [3.05, 3.63) is 83.4 Å². The van der Waals surface area contributed by atoms with Gasteiger partial charge in [0.25, 0.3) is 15.9 Å². The molecule has 0 bridgehead atoms. The Morgan fingerprint density at radius 1 is 1.00 bits per heavy atom. The van der Waals surface area contributed by atoms with Crippen molar-refractivity contribution >= 4 is 50.7 Å². The molecule has 0 saturated heterocycles. The number of benzene rings is 3. The molecule has 29 heavy (non-hydrogen) atoms. The van der Waals surface area contributed by atoms with Gasteiger partial charge in [-0.2, -0.15) is 0 Å². The van der Waals surface area contributed by atoms with E-state index in [2.05, 4.69) is 10.0 Å². The number of anilines is 2. The van der Waals surface area contributed by atoms with E-state index in [9.17, 15) is 13.2 Å². The Labute approximate surface area is 179 Å². The molecule has 3 aromatic rings. The molecule has 0 fully saturated rings. The summed E-state index contributed by atoms with van der Waals surface area (Å²) in [6.07, 6.45) is 0. The molecule has 150 valence electrons. The maximum absolute atomic E-state index is 12.7. The monoisotopic (exact) mass is 446 g/mol. The van der Waals surface area contributed by atoms with Crippen molar-refractivity contribution in [1.29, 1.82) is 0 Å². The van der Waals surface area contributed by atoms with Crippen molar-refractivity contribution in [2.45, 2.75) is 16.7 Å². The minimum absolute atomic E-state index is 0.0854. The zero-order chi connectivity index (χ0) is 20.9. The third-order valence-electron chi connectivity index (χ3n) is 3.94. The van der Waals surface area contributed by atoms with E-state index in [-0.39, 0.29) is 10.8 Å². The third-order valence-corrected chi connectivity index (χ3v) is 6.54. The first-order valence-corrected chi connectivity index (χ1v) is 11.7. The van der Waals surface area contributed by atoms with Gasteiger partial charge in [-0.05, 0) is 60.4 Å².